The Morgan fingerprint density at radius 2 is 1.76 bits per heavy atom. The first-order chi connectivity index (χ1) is 13.8. The molecule has 1 aliphatic rings. The molecule has 1 amide bonds. The minimum absolute atomic E-state index is 0.0167. The number of rotatable bonds is 7. The second-order valence-corrected chi connectivity index (χ2v) is 10.2. The van der Waals surface area contributed by atoms with Gasteiger partial charge in [-0.25, -0.2) is 8.42 Å². The molecule has 5 nitrogen and oxygen atoms in total. The fourth-order valence-corrected chi connectivity index (χ4v) is 4.63. The van der Waals surface area contributed by atoms with Crippen molar-refractivity contribution in [2.45, 2.75) is 51.1 Å². The molecule has 1 atom stereocenters. The van der Waals surface area contributed by atoms with E-state index in [0.717, 1.165) is 18.7 Å². The molecular formula is C23H30N2O3S. The Balaban J connectivity index is 1.61. The maximum Gasteiger partial charge on any atom is 0.251 e. The third-order valence-electron chi connectivity index (χ3n) is 5.52. The first-order valence-electron chi connectivity index (χ1n) is 10.2. The largest absolute Gasteiger partial charge is 0.348 e. The van der Waals surface area contributed by atoms with Gasteiger partial charge in [0.15, 0.2) is 9.84 Å². The van der Waals surface area contributed by atoms with Crippen LogP contribution >= 0.6 is 0 Å². The summed E-state index contributed by atoms with van der Waals surface area (Å²) in [6, 6.07) is 15.6. The minimum atomic E-state index is -3.08. The number of benzene rings is 2. The number of carbonyl (C=O) groups is 1. The Bertz CT molecular complexity index is 939. The zero-order valence-corrected chi connectivity index (χ0v) is 18.0. The maximum atomic E-state index is 12.5. The van der Waals surface area contributed by atoms with Gasteiger partial charge in [0, 0.05) is 31.0 Å². The van der Waals surface area contributed by atoms with Crippen molar-refractivity contribution < 1.29 is 13.2 Å². The molecule has 2 aromatic rings. The average Bonchev–Trinajstić information content (AvgIpc) is 2.68. The van der Waals surface area contributed by atoms with Gasteiger partial charge < -0.3 is 5.32 Å². The summed E-state index contributed by atoms with van der Waals surface area (Å²) in [4.78, 5) is 15.0. The Hall–Kier alpha value is -2.18. The van der Waals surface area contributed by atoms with Crippen molar-refractivity contribution in [2.24, 2.45) is 0 Å². The lowest BCUT2D eigenvalue weighted by molar-refractivity contribution is 0.0950. The molecule has 1 fully saturated rings. The molecule has 0 aromatic heterocycles. The van der Waals surface area contributed by atoms with Crippen LogP contribution in [-0.2, 0) is 28.7 Å². The molecule has 1 aliphatic heterocycles. The Morgan fingerprint density at radius 3 is 2.41 bits per heavy atom. The molecule has 0 bridgehead atoms. The molecule has 0 spiro atoms. The van der Waals surface area contributed by atoms with E-state index in [2.05, 4.69) is 35.3 Å². The monoisotopic (exact) mass is 414 g/mol. The van der Waals surface area contributed by atoms with Crippen LogP contribution in [0.3, 0.4) is 0 Å². The standard InChI is InChI=1S/C23H30N2O3S/c1-18-7-5-6-14-25(18)16-22-9-4-3-8-21(22)15-24-23(26)20-12-10-19(11-13-20)17-29(2,27)28/h3-4,8-13,18H,5-7,14-17H2,1-2H3,(H,24,26)/t18-/m1/s1. The van der Waals surface area contributed by atoms with Crippen molar-refractivity contribution in [3.05, 3.63) is 70.8 Å². The summed E-state index contributed by atoms with van der Waals surface area (Å²) in [6.07, 6.45) is 5.00. The van der Waals surface area contributed by atoms with Crippen molar-refractivity contribution in [3.63, 3.8) is 0 Å². The van der Waals surface area contributed by atoms with Crippen LogP contribution in [0.1, 0.15) is 53.2 Å². The molecule has 0 saturated carbocycles. The Kier molecular flexibility index (Phi) is 7.09. The molecule has 2 aromatic carbocycles. The molecule has 156 valence electrons. The molecule has 1 saturated heterocycles. The third kappa shape index (κ3) is 6.41. The lowest BCUT2D eigenvalue weighted by Gasteiger charge is -2.33. The van der Waals surface area contributed by atoms with E-state index in [1.165, 1.54) is 31.1 Å². The van der Waals surface area contributed by atoms with Crippen LogP contribution in [0.2, 0.25) is 0 Å². The zero-order chi connectivity index (χ0) is 20.9. The number of nitrogens with one attached hydrogen (secondary N) is 1. The number of sulfone groups is 1. The van der Waals surface area contributed by atoms with E-state index < -0.39 is 9.84 Å². The summed E-state index contributed by atoms with van der Waals surface area (Å²) < 4.78 is 22.8. The summed E-state index contributed by atoms with van der Waals surface area (Å²) >= 11 is 0. The van der Waals surface area contributed by atoms with Gasteiger partial charge in [0.05, 0.1) is 5.75 Å². The molecule has 3 rings (SSSR count). The molecule has 1 heterocycles. The zero-order valence-electron chi connectivity index (χ0n) is 17.2. The summed E-state index contributed by atoms with van der Waals surface area (Å²) in [6.45, 7) is 4.80. The van der Waals surface area contributed by atoms with Crippen molar-refractivity contribution in [1.29, 1.82) is 0 Å². The fourth-order valence-electron chi connectivity index (χ4n) is 3.83. The average molecular weight is 415 g/mol. The van der Waals surface area contributed by atoms with Crippen LogP contribution in [0, 0.1) is 0 Å². The van der Waals surface area contributed by atoms with Gasteiger partial charge in [-0.3, -0.25) is 9.69 Å². The van der Waals surface area contributed by atoms with Crippen LogP contribution in [0.5, 0.6) is 0 Å². The summed E-state index contributed by atoms with van der Waals surface area (Å²) in [7, 11) is -3.08. The molecule has 0 radical (unpaired) electrons. The van der Waals surface area contributed by atoms with Gasteiger partial charge >= 0.3 is 0 Å². The molecule has 0 aliphatic carbocycles. The van der Waals surface area contributed by atoms with Gasteiger partial charge in [-0.1, -0.05) is 42.8 Å². The van der Waals surface area contributed by atoms with Crippen LogP contribution in [0.4, 0.5) is 0 Å². The predicted molar refractivity (Wildman–Crippen MR) is 116 cm³/mol. The van der Waals surface area contributed by atoms with Gasteiger partial charge in [0.1, 0.15) is 0 Å². The van der Waals surface area contributed by atoms with Gasteiger partial charge in [0.25, 0.3) is 5.91 Å². The van der Waals surface area contributed by atoms with Gasteiger partial charge in [-0.05, 0) is 55.1 Å². The van der Waals surface area contributed by atoms with Gasteiger partial charge in [-0.2, -0.15) is 0 Å². The van der Waals surface area contributed by atoms with E-state index >= 15 is 0 Å². The molecule has 6 heteroatoms. The lowest BCUT2D eigenvalue weighted by Crippen LogP contribution is -2.37. The normalized spacial score (nSPS) is 17.8. The van der Waals surface area contributed by atoms with Crippen molar-refractivity contribution in [1.82, 2.24) is 10.2 Å². The summed E-state index contributed by atoms with van der Waals surface area (Å²) in [5.41, 5.74) is 3.60. The van der Waals surface area contributed by atoms with E-state index in [0.29, 0.717) is 23.7 Å². The van der Waals surface area contributed by atoms with E-state index in [1.54, 1.807) is 24.3 Å². The number of hydrogen-bond acceptors (Lipinski definition) is 4. The molecular weight excluding hydrogens is 384 g/mol. The van der Waals surface area contributed by atoms with Crippen molar-refractivity contribution >= 4 is 15.7 Å². The second kappa shape index (κ2) is 9.55. The Labute approximate surface area is 174 Å². The van der Waals surface area contributed by atoms with Gasteiger partial charge in [-0.15, -0.1) is 0 Å². The molecule has 29 heavy (non-hydrogen) atoms. The first kappa shape index (κ1) is 21.5. The quantitative estimate of drug-likeness (QED) is 0.753. The second-order valence-electron chi connectivity index (χ2n) is 8.03. The number of carbonyl (C=O) groups excluding carboxylic acids is 1. The van der Waals surface area contributed by atoms with Crippen LogP contribution in [0.25, 0.3) is 0 Å². The van der Waals surface area contributed by atoms with Crippen LogP contribution in [0.15, 0.2) is 48.5 Å². The van der Waals surface area contributed by atoms with E-state index in [4.69, 9.17) is 0 Å². The number of amides is 1. The summed E-state index contributed by atoms with van der Waals surface area (Å²) in [5.74, 6) is -0.172. The number of piperidine rings is 1. The van der Waals surface area contributed by atoms with E-state index in [1.807, 2.05) is 6.07 Å². The predicted octanol–water partition coefficient (Wildman–Crippen LogP) is 3.54. The fraction of sp³-hybridized carbons (Fsp3) is 0.435. The SMILES string of the molecule is C[C@@H]1CCCCN1Cc1ccccc1CNC(=O)c1ccc(CS(C)(=O)=O)cc1. The highest BCUT2D eigenvalue weighted by Crippen LogP contribution is 2.21. The highest BCUT2D eigenvalue weighted by atomic mass is 32.2. The van der Waals surface area contributed by atoms with Gasteiger partial charge in [0.2, 0.25) is 0 Å². The van der Waals surface area contributed by atoms with Crippen molar-refractivity contribution in [2.75, 3.05) is 12.8 Å². The van der Waals surface area contributed by atoms with Crippen LogP contribution < -0.4 is 5.32 Å². The van der Waals surface area contributed by atoms with E-state index in [-0.39, 0.29) is 11.7 Å². The van der Waals surface area contributed by atoms with Crippen molar-refractivity contribution in [3.8, 4) is 0 Å². The highest BCUT2D eigenvalue weighted by Gasteiger charge is 2.19. The number of likely N-dealkylation sites (tertiary alicyclic amines) is 1. The molecule has 0 unspecified atom stereocenters. The topological polar surface area (TPSA) is 66.5 Å². The lowest BCUT2D eigenvalue weighted by atomic mass is 10.0. The Morgan fingerprint density at radius 1 is 1.07 bits per heavy atom. The number of hydrogen-bond donors (Lipinski definition) is 1. The smallest absolute Gasteiger partial charge is 0.251 e. The summed E-state index contributed by atoms with van der Waals surface area (Å²) in [5, 5.41) is 3.00. The molecule has 1 N–H and O–H groups in total. The number of nitrogens with zero attached hydrogens (tertiary/aromatic N) is 1. The highest BCUT2D eigenvalue weighted by molar-refractivity contribution is 7.89. The van der Waals surface area contributed by atoms with E-state index in [9.17, 15) is 13.2 Å². The maximum absolute atomic E-state index is 12.5. The first-order valence-corrected chi connectivity index (χ1v) is 12.2. The third-order valence-corrected chi connectivity index (χ3v) is 6.37. The minimum Gasteiger partial charge on any atom is -0.348 e. The van der Waals surface area contributed by atoms with Crippen LogP contribution in [-0.4, -0.2) is 38.1 Å².